The molecule has 21 heavy (non-hydrogen) atoms. The van der Waals surface area contributed by atoms with E-state index in [0.29, 0.717) is 18.5 Å². The number of carbonyl (C=O) groups excluding carboxylic acids is 1. The fourth-order valence-electron chi connectivity index (χ4n) is 2.23. The zero-order chi connectivity index (χ0) is 16.0. The molecule has 0 unspecified atom stereocenters. The van der Waals surface area contributed by atoms with Crippen molar-refractivity contribution in [2.24, 2.45) is 5.41 Å². The highest BCUT2D eigenvalue weighted by molar-refractivity contribution is 5.94. The van der Waals surface area contributed by atoms with E-state index in [1.807, 2.05) is 43.3 Å². The van der Waals surface area contributed by atoms with Gasteiger partial charge in [0, 0.05) is 31.9 Å². The zero-order valence-electron chi connectivity index (χ0n) is 13.1. The third kappa shape index (κ3) is 4.21. The summed E-state index contributed by atoms with van der Waals surface area (Å²) < 4.78 is 0. The molecular weight excluding hydrogens is 268 g/mol. The minimum Gasteiger partial charge on any atom is -0.481 e. The Balaban J connectivity index is 2.74. The Hall–Kier alpha value is -2.04. The molecule has 0 radical (unpaired) electrons. The van der Waals surface area contributed by atoms with E-state index < -0.39 is 11.4 Å². The number of benzene rings is 1. The predicted octanol–water partition coefficient (Wildman–Crippen LogP) is 2.97. The van der Waals surface area contributed by atoms with Crippen molar-refractivity contribution >= 4 is 23.3 Å². The van der Waals surface area contributed by atoms with Crippen LogP contribution in [0.5, 0.6) is 0 Å². The number of hydrogen-bond acceptors (Lipinski definition) is 3. The number of nitrogens with one attached hydrogen (secondary N) is 1. The van der Waals surface area contributed by atoms with Crippen molar-refractivity contribution in [1.29, 1.82) is 0 Å². The number of carboxylic acids is 1. The monoisotopic (exact) mass is 292 g/mol. The van der Waals surface area contributed by atoms with Crippen molar-refractivity contribution in [2.45, 2.75) is 33.1 Å². The Bertz CT molecular complexity index is 491. The van der Waals surface area contributed by atoms with Crippen LogP contribution in [-0.2, 0) is 9.59 Å². The SMILES string of the molecule is CCC(CC)(CC(=O)Nc1ccc(N(C)C)cc1)C(=O)O. The Morgan fingerprint density at radius 2 is 1.67 bits per heavy atom. The number of nitrogens with zero attached hydrogens (tertiary/aromatic N) is 1. The van der Waals surface area contributed by atoms with Crippen molar-refractivity contribution in [2.75, 3.05) is 24.3 Å². The molecule has 0 spiro atoms. The average Bonchev–Trinajstić information content (AvgIpc) is 2.45. The van der Waals surface area contributed by atoms with Crippen LogP contribution in [0.1, 0.15) is 33.1 Å². The molecule has 0 atom stereocenters. The highest BCUT2D eigenvalue weighted by atomic mass is 16.4. The average molecular weight is 292 g/mol. The second-order valence-corrected chi connectivity index (χ2v) is 5.46. The van der Waals surface area contributed by atoms with Crippen molar-refractivity contribution < 1.29 is 14.7 Å². The summed E-state index contributed by atoms with van der Waals surface area (Å²) >= 11 is 0. The van der Waals surface area contributed by atoms with Crippen LogP contribution in [0.4, 0.5) is 11.4 Å². The van der Waals surface area contributed by atoms with Crippen LogP contribution in [0.25, 0.3) is 0 Å². The maximum atomic E-state index is 12.1. The first-order valence-electron chi connectivity index (χ1n) is 7.15. The third-order valence-electron chi connectivity index (χ3n) is 3.97. The number of carbonyl (C=O) groups is 2. The smallest absolute Gasteiger partial charge is 0.310 e. The largest absolute Gasteiger partial charge is 0.481 e. The number of anilines is 2. The summed E-state index contributed by atoms with van der Waals surface area (Å²) in [6, 6.07) is 7.43. The van der Waals surface area contributed by atoms with Crippen molar-refractivity contribution in [3.8, 4) is 0 Å². The lowest BCUT2D eigenvalue weighted by molar-refractivity contribution is -0.151. The van der Waals surface area contributed by atoms with E-state index in [4.69, 9.17) is 0 Å². The van der Waals surface area contributed by atoms with Crippen LogP contribution in [0, 0.1) is 5.41 Å². The van der Waals surface area contributed by atoms with E-state index in [1.165, 1.54) is 0 Å². The number of amides is 1. The summed E-state index contributed by atoms with van der Waals surface area (Å²) in [5.41, 5.74) is 0.736. The first-order chi connectivity index (χ1) is 9.84. The predicted molar refractivity (Wildman–Crippen MR) is 84.7 cm³/mol. The van der Waals surface area contributed by atoms with Crippen molar-refractivity contribution in [1.82, 2.24) is 0 Å². The maximum absolute atomic E-state index is 12.1. The normalized spacial score (nSPS) is 11.0. The number of hydrogen-bond donors (Lipinski definition) is 2. The van der Waals surface area contributed by atoms with Crippen LogP contribution in [0.2, 0.25) is 0 Å². The molecular formula is C16H24N2O3. The maximum Gasteiger partial charge on any atom is 0.310 e. The van der Waals surface area contributed by atoms with Gasteiger partial charge in [0.25, 0.3) is 0 Å². The Labute approximate surface area is 126 Å². The number of aliphatic carboxylic acids is 1. The molecule has 1 aromatic carbocycles. The van der Waals surface area contributed by atoms with Gasteiger partial charge in [-0.2, -0.15) is 0 Å². The Kier molecular flexibility index (Phi) is 5.76. The second kappa shape index (κ2) is 7.11. The molecule has 5 heteroatoms. The molecule has 0 fully saturated rings. The highest BCUT2D eigenvalue weighted by Gasteiger charge is 2.37. The lowest BCUT2D eigenvalue weighted by Crippen LogP contribution is -2.34. The molecule has 0 saturated carbocycles. The molecule has 5 nitrogen and oxygen atoms in total. The summed E-state index contributed by atoms with van der Waals surface area (Å²) in [7, 11) is 3.88. The first kappa shape index (κ1) is 17.0. The first-order valence-corrected chi connectivity index (χ1v) is 7.15. The van der Waals surface area contributed by atoms with Gasteiger partial charge >= 0.3 is 5.97 Å². The lowest BCUT2D eigenvalue weighted by atomic mass is 9.79. The van der Waals surface area contributed by atoms with E-state index in [2.05, 4.69) is 5.32 Å². The van der Waals surface area contributed by atoms with Gasteiger partial charge in [-0.15, -0.1) is 0 Å². The molecule has 1 rings (SSSR count). The quantitative estimate of drug-likeness (QED) is 0.810. The molecule has 0 aliphatic rings. The molecule has 1 amide bonds. The molecule has 116 valence electrons. The molecule has 0 aliphatic carbocycles. The van der Waals surface area contributed by atoms with Gasteiger partial charge < -0.3 is 15.3 Å². The minimum absolute atomic E-state index is 0.00916. The second-order valence-electron chi connectivity index (χ2n) is 5.46. The molecule has 1 aromatic rings. The van der Waals surface area contributed by atoms with Gasteiger partial charge in [-0.25, -0.2) is 0 Å². The highest BCUT2D eigenvalue weighted by Crippen LogP contribution is 2.31. The van der Waals surface area contributed by atoms with Crippen molar-refractivity contribution in [3.63, 3.8) is 0 Å². The number of rotatable bonds is 7. The van der Waals surface area contributed by atoms with Crippen LogP contribution < -0.4 is 10.2 Å². The van der Waals surface area contributed by atoms with Crippen LogP contribution >= 0.6 is 0 Å². The topological polar surface area (TPSA) is 69.6 Å². The molecule has 0 saturated heterocycles. The molecule has 0 aliphatic heterocycles. The Morgan fingerprint density at radius 3 is 2.05 bits per heavy atom. The van der Waals surface area contributed by atoms with Gasteiger partial charge in [0.15, 0.2) is 0 Å². The zero-order valence-corrected chi connectivity index (χ0v) is 13.1. The van der Waals surface area contributed by atoms with E-state index in [1.54, 1.807) is 13.8 Å². The van der Waals surface area contributed by atoms with Gasteiger partial charge in [-0.05, 0) is 37.1 Å². The summed E-state index contributed by atoms with van der Waals surface area (Å²) in [5.74, 6) is -1.18. The van der Waals surface area contributed by atoms with Gasteiger partial charge in [0.05, 0.1) is 5.41 Å². The number of carboxylic acid groups (broad SMARTS) is 1. The molecule has 0 heterocycles. The van der Waals surface area contributed by atoms with Gasteiger partial charge in [0.2, 0.25) is 5.91 Å². The van der Waals surface area contributed by atoms with Gasteiger partial charge in [0.1, 0.15) is 0 Å². The van der Waals surface area contributed by atoms with Crippen LogP contribution in [-0.4, -0.2) is 31.1 Å². The van der Waals surface area contributed by atoms with E-state index in [-0.39, 0.29) is 12.3 Å². The Morgan fingerprint density at radius 1 is 1.14 bits per heavy atom. The fourth-order valence-corrected chi connectivity index (χ4v) is 2.23. The van der Waals surface area contributed by atoms with Crippen LogP contribution in [0.15, 0.2) is 24.3 Å². The lowest BCUT2D eigenvalue weighted by Gasteiger charge is -2.25. The van der Waals surface area contributed by atoms with Gasteiger partial charge in [-0.3, -0.25) is 9.59 Å². The fraction of sp³-hybridized carbons (Fsp3) is 0.500. The van der Waals surface area contributed by atoms with E-state index >= 15 is 0 Å². The van der Waals surface area contributed by atoms with Gasteiger partial charge in [-0.1, -0.05) is 13.8 Å². The van der Waals surface area contributed by atoms with Crippen molar-refractivity contribution in [3.05, 3.63) is 24.3 Å². The minimum atomic E-state index is -0.979. The summed E-state index contributed by atoms with van der Waals surface area (Å²) in [6.07, 6.45) is 0.863. The molecule has 0 bridgehead atoms. The van der Waals surface area contributed by atoms with E-state index in [9.17, 15) is 14.7 Å². The summed E-state index contributed by atoms with van der Waals surface area (Å²) in [4.78, 5) is 25.5. The third-order valence-corrected chi connectivity index (χ3v) is 3.97. The molecule has 0 aromatic heterocycles. The summed E-state index contributed by atoms with van der Waals surface area (Å²) in [5, 5.41) is 12.1. The van der Waals surface area contributed by atoms with Crippen LogP contribution in [0.3, 0.4) is 0 Å². The van der Waals surface area contributed by atoms with E-state index in [0.717, 1.165) is 5.69 Å². The molecule has 2 N–H and O–H groups in total. The standard InChI is InChI=1S/C16H24N2O3/c1-5-16(6-2,15(20)21)11-14(19)17-12-7-9-13(10-8-12)18(3)4/h7-10H,5-6,11H2,1-4H3,(H,17,19)(H,20,21). The summed E-state index contributed by atoms with van der Waals surface area (Å²) in [6.45, 7) is 3.60.